The standard InChI is InChI=1S/C23H22ClFN6O/c24-18-13-16(5-7-19(18)25)27-23(32)31(17-6-8-20-15(12-17)9-10-26-20)14-22-29-28-21-4-2-1-3-11-30(21)22/h5-10,12-13,26H,1-4,11,14H2,(H,27,32). The number of anilines is 2. The molecule has 0 unspecified atom stereocenters. The highest BCUT2D eigenvalue weighted by Gasteiger charge is 2.22. The molecule has 0 spiro atoms. The molecule has 2 N–H and O–H groups in total. The summed E-state index contributed by atoms with van der Waals surface area (Å²) in [6.07, 6.45) is 6.06. The topological polar surface area (TPSA) is 78.8 Å². The van der Waals surface area contributed by atoms with Crippen molar-refractivity contribution >= 4 is 39.9 Å². The Labute approximate surface area is 189 Å². The van der Waals surface area contributed by atoms with Crippen LogP contribution in [0, 0.1) is 5.82 Å². The van der Waals surface area contributed by atoms with Crippen molar-refractivity contribution in [2.45, 2.75) is 38.8 Å². The molecule has 0 fully saturated rings. The first-order valence-corrected chi connectivity index (χ1v) is 11.0. The van der Waals surface area contributed by atoms with Gasteiger partial charge in [0.25, 0.3) is 0 Å². The van der Waals surface area contributed by atoms with Gasteiger partial charge in [-0.1, -0.05) is 18.0 Å². The Bertz CT molecular complexity index is 1280. The second-order valence-electron chi connectivity index (χ2n) is 7.89. The van der Waals surface area contributed by atoms with Gasteiger partial charge in [-0.2, -0.15) is 0 Å². The van der Waals surface area contributed by atoms with Crippen molar-refractivity contribution in [1.29, 1.82) is 0 Å². The molecule has 0 aliphatic carbocycles. The fourth-order valence-electron chi connectivity index (χ4n) is 4.06. The number of nitrogens with one attached hydrogen (secondary N) is 2. The van der Waals surface area contributed by atoms with E-state index in [1.807, 2.05) is 30.5 Å². The molecule has 0 bridgehead atoms. The Morgan fingerprint density at radius 2 is 2.06 bits per heavy atom. The van der Waals surface area contributed by atoms with E-state index in [4.69, 9.17) is 11.6 Å². The molecule has 3 heterocycles. The molecule has 2 aromatic carbocycles. The van der Waals surface area contributed by atoms with Crippen LogP contribution in [0.15, 0.2) is 48.7 Å². The summed E-state index contributed by atoms with van der Waals surface area (Å²) >= 11 is 5.89. The van der Waals surface area contributed by atoms with Gasteiger partial charge in [-0.05, 0) is 55.3 Å². The van der Waals surface area contributed by atoms with Gasteiger partial charge < -0.3 is 14.9 Å². The molecule has 9 heteroatoms. The number of hydrogen-bond donors (Lipinski definition) is 2. The van der Waals surface area contributed by atoms with Gasteiger partial charge in [-0.3, -0.25) is 4.90 Å². The number of carbonyl (C=O) groups is 1. The maximum Gasteiger partial charge on any atom is 0.326 e. The number of hydrogen-bond acceptors (Lipinski definition) is 3. The SMILES string of the molecule is O=C(Nc1ccc(F)c(Cl)c1)N(Cc1nnc2n1CCCCC2)c1ccc2[nH]ccc2c1. The molecule has 4 aromatic rings. The largest absolute Gasteiger partial charge is 0.361 e. The van der Waals surface area contributed by atoms with Gasteiger partial charge in [0.1, 0.15) is 11.6 Å². The van der Waals surface area contributed by atoms with Crippen molar-refractivity contribution in [1.82, 2.24) is 19.7 Å². The third kappa shape index (κ3) is 4.05. The fraction of sp³-hybridized carbons (Fsp3) is 0.261. The molecule has 32 heavy (non-hydrogen) atoms. The van der Waals surface area contributed by atoms with Crippen molar-refractivity contribution in [3.8, 4) is 0 Å². The highest BCUT2D eigenvalue weighted by molar-refractivity contribution is 6.31. The monoisotopic (exact) mass is 452 g/mol. The Kier molecular flexibility index (Phi) is 5.53. The Balaban J connectivity index is 1.49. The van der Waals surface area contributed by atoms with Crippen LogP contribution in [0.4, 0.5) is 20.6 Å². The Hall–Kier alpha value is -3.39. The Morgan fingerprint density at radius 1 is 1.16 bits per heavy atom. The highest BCUT2D eigenvalue weighted by atomic mass is 35.5. The van der Waals surface area contributed by atoms with Crippen LogP contribution in [0.2, 0.25) is 5.02 Å². The van der Waals surface area contributed by atoms with E-state index in [2.05, 4.69) is 25.1 Å². The van der Waals surface area contributed by atoms with Gasteiger partial charge >= 0.3 is 6.03 Å². The summed E-state index contributed by atoms with van der Waals surface area (Å²) in [5, 5.41) is 12.5. The number of aryl methyl sites for hydroxylation is 1. The van der Waals surface area contributed by atoms with Crippen LogP contribution in [0.25, 0.3) is 10.9 Å². The van der Waals surface area contributed by atoms with Crippen LogP contribution in [0.3, 0.4) is 0 Å². The molecule has 0 radical (unpaired) electrons. The summed E-state index contributed by atoms with van der Waals surface area (Å²) in [4.78, 5) is 18.1. The number of fused-ring (bicyclic) bond motifs is 2. The molecule has 1 aliphatic heterocycles. The van der Waals surface area contributed by atoms with Crippen LogP contribution < -0.4 is 10.2 Å². The molecule has 0 saturated heterocycles. The van der Waals surface area contributed by atoms with Crippen LogP contribution in [-0.2, 0) is 19.5 Å². The van der Waals surface area contributed by atoms with E-state index < -0.39 is 5.82 Å². The van der Waals surface area contributed by atoms with Gasteiger partial charge in [0.05, 0.1) is 11.6 Å². The normalized spacial score (nSPS) is 13.6. The molecule has 7 nitrogen and oxygen atoms in total. The average molecular weight is 453 g/mol. The van der Waals surface area contributed by atoms with E-state index in [1.165, 1.54) is 18.2 Å². The van der Waals surface area contributed by atoms with Crippen LogP contribution in [0.1, 0.15) is 30.9 Å². The number of carbonyl (C=O) groups excluding carboxylic acids is 1. The van der Waals surface area contributed by atoms with Gasteiger partial charge in [-0.25, -0.2) is 9.18 Å². The molecule has 0 atom stereocenters. The third-order valence-electron chi connectivity index (χ3n) is 5.75. The van der Waals surface area contributed by atoms with Crippen molar-refractivity contribution in [3.63, 3.8) is 0 Å². The predicted molar refractivity (Wildman–Crippen MR) is 122 cm³/mol. The summed E-state index contributed by atoms with van der Waals surface area (Å²) < 4.78 is 15.7. The summed E-state index contributed by atoms with van der Waals surface area (Å²) in [6, 6.07) is 11.5. The van der Waals surface area contributed by atoms with Crippen molar-refractivity contribution in [2.24, 2.45) is 0 Å². The average Bonchev–Trinajstić information content (AvgIpc) is 3.34. The zero-order valence-corrected chi connectivity index (χ0v) is 18.1. The molecule has 2 aromatic heterocycles. The van der Waals surface area contributed by atoms with E-state index in [9.17, 15) is 9.18 Å². The second kappa shape index (κ2) is 8.63. The number of aromatic amines is 1. The number of benzene rings is 2. The van der Waals surface area contributed by atoms with Crippen LogP contribution in [-0.4, -0.2) is 25.8 Å². The van der Waals surface area contributed by atoms with E-state index in [1.54, 1.807) is 4.90 Å². The van der Waals surface area contributed by atoms with E-state index in [0.717, 1.165) is 54.8 Å². The van der Waals surface area contributed by atoms with Gasteiger partial charge in [0.15, 0.2) is 5.82 Å². The maximum absolute atomic E-state index is 13.5. The molecule has 1 aliphatic rings. The molecule has 5 rings (SSSR count). The number of H-pyrrole nitrogens is 1. The second-order valence-corrected chi connectivity index (χ2v) is 8.30. The summed E-state index contributed by atoms with van der Waals surface area (Å²) in [5.41, 5.74) is 2.11. The van der Waals surface area contributed by atoms with Gasteiger partial charge in [-0.15, -0.1) is 10.2 Å². The van der Waals surface area contributed by atoms with Crippen molar-refractivity contribution in [2.75, 3.05) is 10.2 Å². The van der Waals surface area contributed by atoms with Crippen molar-refractivity contribution < 1.29 is 9.18 Å². The van der Waals surface area contributed by atoms with Gasteiger partial charge in [0, 0.05) is 41.4 Å². The first-order valence-electron chi connectivity index (χ1n) is 10.6. The summed E-state index contributed by atoms with van der Waals surface area (Å²) in [5.74, 6) is 1.16. The number of amides is 2. The first-order chi connectivity index (χ1) is 15.6. The minimum atomic E-state index is -0.536. The predicted octanol–water partition coefficient (Wildman–Crippen LogP) is 5.52. The number of nitrogens with zero attached hydrogens (tertiary/aromatic N) is 4. The van der Waals surface area contributed by atoms with E-state index >= 15 is 0 Å². The lowest BCUT2D eigenvalue weighted by atomic mass is 10.2. The van der Waals surface area contributed by atoms with E-state index in [-0.39, 0.29) is 17.6 Å². The van der Waals surface area contributed by atoms with Crippen LogP contribution in [0.5, 0.6) is 0 Å². The number of halogens is 2. The lowest BCUT2D eigenvalue weighted by Gasteiger charge is -2.23. The molecule has 164 valence electrons. The smallest absolute Gasteiger partial charge is 0.326 e. The summed E-state index contributed by atoms with van der Waals surface area (Å²) in [6.45, 7) is 1.10. The van der Waals surface area contributed by atoms with Crippen molar-refractivity contribution in [3.05, 3.63) is 71.2 Å². The molecular weight excluding hydrogens is 431 g/mol. The first kappa shape index (κ1) is 20.5. The lowest BCUT2D eigenvalue weighted by Crippen LogP contribution is -2.35. The zero-order chi connectivity index (χ0) is 22.1. The third-order valence-corrected chi connectivity index (χ3v) is 6.04. The number of rotatable bonds is 4. The quantitative estimate of drug-likeness (QED) is 0.428. The molecular formula is C23H22ClFN6O. The van der Waals surface area contributed by atoms with Gasteiger partial charge in [0.2, 0.25) is 0 Å². The summed E-state index contributed by atoms with van der Waals surface area (Å²) in [7, 11) is 0. The maximum atomic E-state index is 13.5. The minimum Gasteiger partial charge on any atom is -0.361 e. The minimum absolute atomic E-state index is 0.0501. The fourth-order valence-corrected chi connectivity index (χ4v) is 4.24. The zero-order valence-electron chi connectivity index (χ0n) is 17.3. The highest BCUT2D eigenvalue weighted by Crippen LogP contribution is 2.26. The molecule has 2 amide bonds. The van der Waals surface area contributed by atoms with Crippen LogP contribution >= 0.6 is 11.6 Å². The lowest BCUT2D eigenvalue weighted by molar-refractivity contribution is 0.256. The molecule has 0 saturated carbocycles. The van der Waals surface area contributed by atoms with E-state index in [0.29, 0.717) is 11.4 Å². The number of aromatic nitrogens is 4. The number of urea groups is 1. The Morgan fingerprint density at radius 3 is 2.94 bits per heavy atom.